The van der Waals surface area contributed by atoms with Crippen molar-refractivity contribution in [1.82, 2.24) is 0 Å². The Labute approximate surface area is 122 Å². The summed E-state index contributed by atoms with van der Waals surface area (Å²) in [5.41, 5.74) is 0.919. The molecule has 0 aliphatic carbocycles. The molecule has 0 aromatic carbocycles. The molecule has 0 saturated carbocycles. The van der Waals surface area contributed by atoms with Gasteiger partial charge in [-0.3, -0.25) is 0 Å². The van der Waals surface area contributed by atoms with E-state index in [-0.39, 0.29) is 17.4 Å². The molecule has 0 saturated heterocycles. The van der Waals surface area contributed by atoms with Gasteiger partial charge in [-0.25, -0.2) is 0 Å². The van der Waals surface area contributed by atoms with Crippen LogP contribution in [0, 0.1) is 36.5 Å². The summed E-state index contributed by atoms with van der Waals surface area (Å²) in [5, 5.41) is 0. The summed E-state index contributed by atoms with van der Waals surface area (Å²) >= 11 is 0. The van der Waals surface area contributed by atoms with Crippen molar-refractivity contribution in [3.8, 4) is 0 Å². The molecule has 0 radical (unpaired) electrons. The minimum Gasteiger partial charge on any atom is -0.341 e. The van der Waals surface area contributed by atoms with Crippen molar-refractivity contribution in [2.45, 2.75) is 68.2 Å². The second-order valence-corrected chi connectivity index (χ2v) is 7.74. The molecule has 0 aromatic rings. The number of hydrogen-bond acceptors (Lipinski definition) is 0. The molecular weight excluding hydrogens is 219 g/mol. The van der Waals surface area contributed by atoms with Crippen molar-refractivity contribution in [1.29, 1.82) is 0 Å². The zero-order valence-corrected chi connectivity index (χ0v) is 15.1. The maximum Gasteiger partial charge on any atom is -0.0405 e. The van der Waals surface area contributed by atoms with Crippen molar-refractivity contribution in [2.24, 2.45) is 22.7 Å². The predicted octanol–water partition coefficient (Wildman–Crippen LogP) is 5.14. The number of hydrogen-bond donors (Lipinski definition) is 0. The normalized spacial score (nSPS) is 15.2. The van der Waals surface area contributed by atoms with E-state index in [1.807, 2.05) is 0 Å². The molecule has 102 valence electrons. The largest absolute Gasteiger partial charge is 0.341 e. The minimum atomic E-state index is 0. The van der Waals surface area contributed by atoms with Crippen LogP contribution in [0.4, 0.5) is 0 Å². The van der Waals surface area contributed by atoms with Gasteiger partial charge in [-0.05, 0) is 10.8 Å². The van der Waals surface area contributed by atoms with Crippen molar-refractivity contribution >= 4 is 17.4 Å². The van der Waals surface area contributed by atoms with Gasteiger partial charge in [-0.1, -0.05) is 68.2 Å². The van der Waals surface area contributed by atoms with Gasteiger partial charge in [0.1, 0.15) is 0 Å². The summed E-state index contributed by atoms with van der Waals surface area (Å²) in [5.74, 6) is 1.19. The first kappa shape index (κ1) is 22.7. The van der Waals surface area contributed by atoms with Crippen molar-refractivity contribution in [2.75, 3.05) is 0 Å². The van der Waals surface area contributed by atoms with Crippen LogP contribution in [0.25, 0.3) is 0 Å². The second kappa shape index (κ2) is 9.46. The van der Waals surface area contributed by atoms with Gasteiger partial charge in [0.25, 0.3) is 0 Å². The van der Waals surface area contributed by atoms with Crippen molar-refractivity contribution in [3.05, 3.63) is 13.8 Å². The van der Waals surface area contributed by atoms with Crippen LogP contribution in [0.1, 0.15) is 68.2 Å². The van der Waals surface area contributed by atoms with Gasteiger partial charge in [0.05, 0.1) is 0 Å². The fourth-order valence-electron chi connectivity index (χ4n) is 2.09. The molecule has 0 aliphatic rings. The molecule has 17 heavy (non-hydrogen) atoms. The third-order valence-corrected chi connectivity index (χ3v) is 1.92. The maximum absolute atomic E-state index is 3.92. The van der Waals surface area contributed by atoms with Gasteiger partial charge in [0.15, 0.2) is 0 Å². The van der Waals surface area contributed by atoms with Gasteiger partial charge >= 0.3 is 17.4 Å². The van der Waals surface area contributed by atoms with Gasteiger partial charge in [-0.15, -0.1) is 0 Å². The quantitative estimate of drug-likeness (QED) is 0.473. The summed E-state index contributed by atoms with van der Waals surface area (Å²) in [6.45, 7) is 25.6. The fourth-order valence-corrected chi connectivity index (χ4v) is 2.09. The molecule has 0 spiro atoms. The maximum atomic E-state index is 3.92. The first-order valence-electron chi connectivity index (χ1n) is 6.49. The molecule has 0 heterocycles. The van der Waals surface area contributed by atoms with Crippen LogP contribution in [0.3, 0.4) is 0 Å². The Morgan fingerprint density at radius 3 is 0.882 bits per heavy atom. The summed E-state index contributed by atoms with van der Waals surface area (Å²) < 4.78 is 0. The first-order valence-corrected chi connectivity index (χ1v) is 6.49. The smallest absolute Gasteiger partial charge is 0.0405 e. The number of rotatable bonds is 2. The molecule has 0 amide bonds. The molecular formula is C16H35Al. The molecule has 0 nitrogen and oxygen atoms in total. The van der Waals surface area contributed by atoms with E-state index in [0.717, 1.165) is 0 Å². The Hall–Kier alpha value is 0.532. The van der Waals surface area contributed by atoms with Crippen LogP contribution < -0.4 is 0 Å². The van der Waals surface area contributed by atoms with Crippen LogP contribution in [0.5, 0.6) is 0 Å². The average molecular weight is 254 g/mol. The van der Waals surface area contributed by atoms with Crippen molar-refractivity contribution in [3.63, 3.8) is 0 Å². The van der Waals surface area contributed by atoms with Crippen molar-refractivity contribution < 1.29 is 0 Å². The van der Waals surface area contributed by atoms with E-state index in [2.05, 4.69) is 69.2 Å². The SMILES string of the molecule is [AlH+2].[CH2-]C(C)CC(C)(C)C.[CH2-]C(C)CC(C)(C)C. The fraction of sp³-hybridized carbons (Fsp3) is 0.875. The summed E-state index contributed by atoms with van der Waals surface area (Å²) in [4.78, 5) is 0. The van der Waals surface area contributed by atoms with Gasteiger partial charge in [-0.2, -0.15) is 11.8 Å². The van der Waals surface area contributed by atoms with Gasteiger partial charge in [0.2, 0.25) is 0 Å². The molecule has 0 aromatic heterocycles. The second-order valence-electron chi connectivity index (χ2n) is 7.74. The van der Waals surface area contributed by atoms with Crippen LogP contribution in [-0.4, -0.2) is 17.4 Å². The Morgan fingerprint density at radius 1 is 0.706 bits per heavy atom. The Bertz CT molecular complexity index is 135. The van der Waals surface area contributed by atoms with Crippen LogP contribution in [0.2, 0.25) is 0 Å². The summed E-state index contributed by atoms with van der Waals surface area (Å²) in [7, 11) is 0. The summed E-state index contributed by atoms with van der Waals surface area (Å²) in [6, 6.07) is 0. The van der Waals surface area contributed by atoms with E-state index in [1.165, 1.54) is 12.8 Å². The van der Waals surface area contributed by atoms with Crippen LogP contribution in [-0.2, 0) is 0 Å². The topological polar surface area (TPSA) is 0 Å². The summed E-state index contributed by atoms with van der Waals surface area (Å²) in [6.07, 6.45) is 2.43. The minimum absolute atomic E-state index is 0. The van der Waals surface area contributed by atoms with E-state index < -0.39 is 0 Å². The van der Waals surface area contributed by atoms with Crippen LogP contribution in [0.15, 0.2) is 0 Å². The Kier molecular flexibility index (Phi) is 12.6. The van der Waals surface area contributed by atoms with Gasteiger partial charge in [0, 0.05) is 0 Å². The van der Waals surface area contributed by atoms with E-state index in [1.54, 1.807) is 0 Å². The molecule has 0 rings (SSSR count). The Morgan fingerprint density at radius 2 is 0.882 bits per heavy atom. The molecule has 2 atom stereocenters. The third-order valence-electron chi connectivity index (χ3n) is 1.92. The van der Waals surface area contributed by atoms with Gasteiger partial charge < -0.3 is 13.8 Å². The Balaban J connectivity index is -0.000000218. The van der Waals surface area contributed by atoms with Crippen LogP contribution >= 0.6 is 0 Å². The monoisotopic (exact) mass is 254 g/mol. The third kappa shape index (κ3) is 31.5. The van der Waals surface area contributed by atoms with E-state index in [4.69, 9.17) is 0 Å². The predicted molar refractivity (Wildman–Crippen MR) is 84.3 cm³/mol. The molecule has 1 heteroatoms. The van der Waals surface area contributed by atoms with E-state index in [9.17, 15) is 0 Å². The average Bonchev–Trinajstić information content (AvgIpc) is 1.72. The zero-order chi connectivity index (χ0) is 13.6. The first-order chi connectivity index (χ1) is 6.83. The molecule has 0 aliphatic heterocycles. The standard InChI is InChI=1S/2C8H17.Al.H/c2*1-7(2)6-8(3,4)5;;/h2*7H,1,6H2,2-5H3;;/q2*-1;+2;. The molecule has 2 unspecified atom stereocenters. The molecule has 0 N–H and O–H groups in total. The molecule has 0 bridgehead atoms. The van der Waals surface area contributed by atoms with E-state index in [0.29, 0.717) is 22.7 Å². The molecule has 0 fully saturated rings. The van der Waals surface area contributed by atoms with E-state index >= 15 is 0 Å². The zero-order valence-electron chi connectivity index (χ0n) is 13.7.